The molecule has 0 fully saturated rings. The van der Waals surface area contributed by atoms with Crippen molar-refractivity contribution in [1.29, 1.82) is 0 Å². The van der Waals surface area contributed by atoms with E-state index in [0.717, 1.165) is 5.75 Å². The monoisotopic (exact) mass is 330 g/mol. The number of thioether (sulfide) groups is 1. The van der Waals surface area contributed by atoms with Crippen molar-refractivity contribution in [2.75, 3.05) is 18.2 Å². The van der Waals surface area contributed by atoms with Crippen molar-refractivity contribution in [2.24, 2.45) is 0 Å². The van der Waals surface area contributed by atoms with Crippen LogP contribution in [0.25, 0.3) is 11.4 Å². The molecule has 5 nitrogen and oxygen atoms in total. The topological polar surface area (TPSA) is 66.0 Å². The maximum Gasteiger partial charge on any atom is 0.210 e. The molecule has 1 aromatic heterocycles. The van der Waals surface area contributed by atoms with Crippen LogP contribution in [0.3, 0.4) is 0 Å². The molecule has 0 aliphatic rings. The molecule has 0 radical (unpaired) electrons. The van der Waals surface area contributed by atoms with E-state index < -0.39 is 0 Å². The molecule has 3 aromatic rings. The van der Waals surface area contributed by atoms with E-state index in [4.69, 9.17) is 10.6 Å². The Morgan fingerprint density at radius 3 is 2.57 bits per heavy atom. The summed E-state index contributed by atoms with van der Waals surface area (Å²) in [5.41, 5.74) is 0.329. The van der Waals surface area contributed by atoms with Crippen LogP contribution >= 0.6 is 11.8 Å². The van der Waals surface area contributed by atoms with Gasteiger partial charge < -0.3 is 10.6 Å². The number of nitrogen functional groups attached to an aromatic ring is 1. The Kier molecular flexibility index (Phi) is 4.77. The van der Waals surface area contributed by atoms with E-state index in [2.05, 4.69) is 10.2 Å². The minimum absolute atomic E-state index is 0.301. The van der Waals surface area contributed by atoms with Crippen LogP contribution < -0.4 is 10.6 Å². The summed E-state index contributed by atoms with van der Waals surface area (Å²) in [5.74, 6) is 7.35. The van der Waals surface area contributed by atoms with Crippen LogP contribution in [0.4, 0.5) is 4.39 Å². The van der Waals surface area contributed by atoms with Gasteiger partial charge in [-0.25, -0.2) is 9.07 Å². The van der Waals surface area contributed by atoms with Crippen LogP contribution in [-0.2, 0) is 0 Å². The third kappa shape index (κ3) is 3.62. The SMILES string of the molecule is Nn1c(SCCOc2ccccc2)nnc1-c1ccccc1F. The van der Waals surface area contributed by atoms with Crippen molar-refractivity contribution < 1.29 is 9.13 Å². The lowest BCUT2D eigenvalue weighted by atomic mass is 10.2. The summed E-state index contributed by atoms with van der Waals surface area (Å²) in [5, 5.41) is 8.49. The number of rotatable bonds is 6. The number of hydrogen-bond acceptors (Lipinski definition) is 5. The summed E-state index contributed by atoms with van der Waals surface area (Å²) < 4.78 is 20.7. The zero-order valence-corrected chi connectivity index (χ0v) is 13.0. The Morgan fingerprint density at radius 2 is 1.78 bits per heavy atom. The number of nitrogens with two attached hydrogens (primary N) is 1. The smallest absolute Gasteiger partial charge is 0.210 e. The van der Waals surface area contributed by atoms with Crippen molar-refractivity contribution in [1.82, 2.24) is 14.9 Å². The highest BCUT2D eigenvalue weighted by molar-refractivity contribution is 7.99. The molecule has 1 heterocycles. The van der Waals surface area contributed by atoms with Crippen LogP contribution in [0.1, 0.15) is 0 Å². The molecule has 118 valence electrons. The summed E-state index contributed by atoms with van der Waals surface area (Å²) in [4.78, 5) is 0. The molecule has 2 aromatic carbocycles. The minimum Gasteiger partial charge on any atom is -0.493 e. The summed E-state index contributed by atoms with van der Waals surface area (Å²) in [6, 6.07) is 15.9. The molecule has 0 atom stereocenters. The second-order valence-electron chi connectivity index (χ2n) is 4.67. The van der Waals surface area contributed by atoms with Crippen molar-refractivity contribution in [3.05, 3.63) is 60.4 Å². The Bertz CT molecular complexity index is 779. The quantitative estimate of drug-likeness (QED) is 0.428. The van der Waals surface area contributed by atoms with Crippen LogP contribution in [-0.4, -0.2) is 27.2 Å². The standard InChI is InChI=1S/C16H15FN4OS/c17-14-9-5-4-8-13(14)15-19-20-16(21(15)18)23-11-10-22-12-6-2-1-3-7-12/h1-9H,10-11,18H2. The van der Waals surface area contributed by atoms with E-state index in [0.29, 0.717) is 28.9 Å². The van der Waals surface area contributed by atoms with E-state index in [1.165, 1.54) is 22.5 Å². The molecule has 0 saturated carbocycles. The molecule has 2 N–H and O–H groups in total. The maximum atomic E-state index is 13.8. The van der Waals surface area contributed by atoms with Crippen molar-refractivity contribution in [2.45, 2.75) is 5.16 Å². The normalized spacial score (nSPS) is 10.7. The first-order valence-corrected chi connectivity index (χ1v) is 8.00. The van der Waals surface area contributed by atoms with Gasteiger partial charge in [0.1, 0.15) is 11.6 Å². The van der Waals surface area contributed by atoms with Crippen molar-refractivity contribution >= 4 is 11.8 Å². The highest BCUT2D eigenvalue weighted by Gasteiger charge is 2.15. The van der Waals surface area contributed by atoms with E-state index in [1.54, 1.807) is 18.2 Å². The fraction of sp³-hybridized carbons (Fsp3) is 0.125. The summed E-state index contributed by atoms with van der Waals surface area (Å²) in [7, 11) is 0. The first-order valence-electron chi connectivity index (χ1n) is 7.02. The fourth-order valence-electron chi connectivity index (χ4n) is 2.01. The minimum atomic E-state index is -0.379. The maximum absolute atomic E-state index is 13.8. The molecular formula is C16H15FN4OS. The average molecular weight is 330 g/mol. The van der Waals surface area contributed by atoms with Gasteiger partial charge in [0.05, 0.1) is 12.2 Å². The Hall–Kier alpha value is -2.54. The average Bonchev–Trinajstić information content (AvgIpc) is 2.94. The lowest BCUT2D eigenvalue weighted by molar-refractivity contribution is 0.344. The highest BCUT2D eigenvalue weighted by Crippen LogP contribution is 2.23. The van der Waals surface area contributed by atoms with Gasteiger partial charge >= 0.3 is 0 Å². The number of benzene rings is 2. The molecule has 0 unspecified atom stereocenters. The Morgan fingerprint density at radius 1 is 1.04 bits per heavy atom. The van der Waals surface area contributed by atoms with Gasteiger partial charge in [-0.1, -0.05) is 42.1 Å². The predicted molar refractivity (Wildman–Crippen MR) is 88.2 cm³/mol. The highest BCUT2D eigenvalue weighted by atomic mass is 32.2. The second kappa shape index (κ2) is 7.15. The van der Waals surface area contributed by atoms with Gasteiger partial charge in [0.25, 0.3) is 0 Å². The molecule has 0 spiro atoms. The van der Waals surface area contributed by atoms with Gasteiger partial charge in [-0.3, -0.25) is 0 Å². The molecule has 7 heteroatoms. The zero-order valence-electron chi connectivity index (χ0n) is 12.2. The van der Waals surface area contributed by atoms with Gasteiger partial charge in [0.2, 0.25) is 5.16 Å². The van der Waals surface area contributed by atoms with E-state index in [1.807, 2.05) is 30.3 Å². The molecule has 0 bridgehead atoms. The predicted octanol–water partition coefficient (Wildman–Crippen LogP) is 2.97. The molecule has 0 aliphatic heterocycles. The first kappa shape index (κ1) is 15.4. The lowest BCUT2D eigenvalue weighted by Crippen LogP contribution is -2.12. The molecule has 0 saturated heterocycles. The number of ether oxygens (including phenoxy) is 1. The van der Waals surface area contributed by atoms with Crippen molar-refractivity contribution in [3.63, 3.8) is 0 Å². The van der Waals surface area contributed by atoms with Gasteiger partial charge in [-0.2, -0.15) is 0 Å². The summed E-state index contributed by atoms with van der Waals surface area (Å²) in [6.45, 7) is 0.510. The molecule has 3 rings (SSSR count). The molecule has 0 aliphatic carbocycles. The van der Waals surface area contributed by atoms with E-state index in [-0.39, 0.29) is 5.82 Å². The summed E-state index contributed by atoms with van der Waals surface area (Å²) >= 11 is 1.40. The largest absolute Gasteiger partial charge is 0.493 e. The molecular weight excluding hydrogens is 315 g/mol. The summed E-state index contributed by atoms with van der Waals surface area (Å²) in [6.07, 6.45) is 0. The third-order valence-electron chi connectivity index (χ3n) is 3.11. The van der Waals surface area contributed by atoms with Crippen molar-refractivity contribution in [3.8, 4) is 17.1 Å². The van der Waals surface area contributed by atoms with Gasteiger partial charge in [0, 0.05) is 5.75 Å². The number of halogens is 1. The van der Waals surface area contributed by atoms with Gasteiger partial charge in [0.15, 0.2) is 5.82 Å². The van der Waals surface area contributed by atoms with E-state index in [9.17, 15) is 4.39 Å². The van der Waals surface area contributed by atoms with Crippen LogP contribution in [0.5, 0.6) is 5.75 Å². The lowest BCUT2D eigenvalue weighted by Gasteiger charge is -2.06. The first-order chi connectivity index (χ1) is 11.3. The zero-order chi connectivity index (χ0) is 16.1. The second-order valence-corrected chi connectivity index (χ2v) is 5.73. The van der Waals surface area contributed by atoms with Crippen LogP contribution in [0.2, 0.25) is 0 Å². The molecule has 23 heavy (non-hydrogen) atoms. The number of nitrogens with zero attached hydrogens (tertiary/aromatic N) is 3. The number of para-hydroxylation sites is 1. The van der Waals surface area contributed by atoms with Gasteiger partial charge in [-0.15, -0.1) is 10.2 Å². The number of hydrogen-bond donors (Lipinski definition) is 1. The fourth-order valence-corrected chi connectivity index (χ4v) is 2.68. The van der Waals surface area contributed by atoms with Crippen LogP contribution in [0, 0.1) is 5.82 Å². The Balaban J connectivity index is 1.61. The van der Waals surface area contributed by atoms with Gasteiger partial charge in [-0.05, 0) is 24.3 Å². The molecule has 0 amide bonds. The third-order valence-corrected chi connectivity index (χ3v) is 4.01. The number of aromatic nitrogens is 3. The van der Waals surface area contributed by atoms with E-state index >= 15 is 0 Å². The Labute approximate surface area is 137 Å². The van der Waals surface area contributed by atoms with Crippen LogP contribution in [0.15, 0.2) is 59.8 Å².